The van der Waals surface area contributed by atoms with Crippen molar-refractivity contribution in [2.24, 2.45) is 0 Å². The lowest BCUT2D eigenvalue weighted by Crippen LogP contribution is -2.36. The topological polar surface area (TPSA) is 53.2 Å². The molecule has 1 aromatic heterocycles. The van der Waals surface area contributed by atoms with E-state index in [1.165, 1.54) is 4.31 Å². The van der Waals surface area contributed by atoms with E-state index in [1.807, 2.05) is 72.9 Å². The number of hydrogen-bond donors (Lipinski definition) is 1. The van der Waals surface area contributed by atoms with Crippen LogP contribution >= 0.6 is 0 Å². The summed E-state index contributed by atoms with van der Waals surface area (Å²) in [5, 5.41) is 1.02. The van der Waals surface area contributed by atoms with Crippen molar-refractivity contribution in [1.82, 2.24) is 4.98 Å². The molecule has 4 nitrogen and oxygen atoms in total. The summed E-state index contributed by atoms with van der Waals surface area (Å²) in [6.07, 6.45) is 5.86. The number of para-hydroxylation sites is 2. The van der Waals surface area contributed by atoms with Crippen LogP contribution in [0.3, 0.4) is 0 Å². The number of anilines is 1. The van der Waals surface area contributed by atoms with Gasteiger partial charge < -0.3 is 4.98 Å². The summed E-state index contributed by atoms with van der Waals surface area (Å²) >= 11 is 0. The Kier molecular flexibility index (Phi) is 3.84. The van der Waals surface area contributed by atoms with Gasteiger partial charge in [0.1, 0.15) is 0 Å². The number of fused-ring (bicyclic) bond motifs is 2. The molecule has 2 heterocycles. The Morgan fingerprint density at radius 3 is 2.39 bits per heavy atom. The third-order valence-corrected chi connectivity index (χ3v) is 6.93. The molecule has 1 N–H and O–H groups in total. The zero-order chi connectivity index (χ0) is 19.1. The van der Waals surface area contributed by atoms with Gasteiger partial charge in [-0.1, -0.05) is 66.7 Å². The van der Waals surface area contributed by atoms with E-state index in [4.69, 9.17) is 0 Å². The summed E-state index contributed by atoms with van der Waals surface area (Å²) in [6, 6.07) is 23.7. The number of nitrogens with zero attached hydrogens (tertiary/aromatic N) is 1. The maximum atomic E-state index is 13.7. The summed E-state index contributed by atoms with van der Waals surface area (Å²) < 4.78 is 28.9. The number of aromatic nitrogens is 1. The molecule has 3 aromatic carbocycles. The average molecular weight is 386 g/mol. The lowest BCUT2D eigenvalue weighted by Gasteiger charge is -2.34. The Morgan fingerprint density at radius 2 is 1.54 bits per heavy atom. The first kappa shape index (κ1) is 16.8. The number of H-pyrrole nitrogens is 1. The monoisotopic (exact) mass is 386 g/mol. The Bertz CT molecular complexity index is 1290. The molecule has 5 heteroatoms. The van der Waals surface area contributed by atoms with Crippen LogP contribution in [0.2, 0.25) is 0 Å². The van der Waals surface area contributed by atoms with Crippen LogP contribution < -0.4 is 4.31 Å². The van der Waals surface area contributed by atoms with Crippen molar-refractivity contribution < 1.29 is 8.42 Å². The third-order valence-electron chi connectivity index (χ3n) is 5.12. The van der Waals surface area contributed by atoms with Crippen LogP contribution in [0.25, 0.3) is 17.0 Å². The third kappa shape index (κ3) is 2.55. The molecule has 0 saturated carbocycles. The fourth-order valence-corrected chi connectivity index (χ4v) is 5.44. The molecule has 1 aliphatic heterocycles. The quantitative estimate of drug-likeness (QED) is 0.531. The normalized spacial score (nSPS) is 16.3. The molecule has 0 aliphatic carbocycles. The second-order valence-corrected chi connectivity index (χ2v) is 8.58. The molecule has 0 radical (unpaired) electrons. The van der Waals surface area contributed by atoms with Gasteiger partial charge in [-0.3, -0.25) is 4.31 Å². The van der Waals surface area contributed by atoms with Gasteiger partial charge in [0, 0.05) is 22.7 Å². The lowest BCUT2D eigenvalue weighted by atomic mass is 9.99. The van der Waals surface area contributed by atoms with Gasteiger partial charge in [0.2, 0.25) is 0 Å². The first-order valence-corrected chi connectivity index (χ1v) is 10.5. The zero-order valence-electron chi connectivity index (χ0n) is 15.0. The van der Waals surface area contributed by atoms with E-state index < -0.39 is 16.1 Å². The molecule has 0 amide bonds. The van der Waals surface area contributed by atoms with Crippen LogP contribution in [-0.4, -0.2) is 13.4 Å². The van der Waals surface area contributed by atoms with Crippen molar-refractivity contribution >= 4 is 32.7 Å². The second-order valence-electron chi connectivity index (χ2n) is 6.77. The fourth-order valence-electron chi connectivity index (χ4n) is 3.81. The van der Waals surface area contributed by atoms with Gasteiger partial charge in [0.05, 0.1) is 16.6 Å². The predicted molar refractivity (Wildman–Crippen MR) is 113 cm³/mol. The maximum absolute atomic E-state index is 13.7. The number of aromatic amines is 1. The van der Waals surface area contributed by atoms with Crippen molar-refractivity contribution in [2.75, 3.05) is 4.31 Å². The molecule has 5 rings (SSSR count). The molecule has 0 bridgehead atoms. The van der Waals surface area contributed by atoms with Crippen molar-refractivity contribution in [3.05, 3.63) is 102 Å². The van der Waals surface area contributed by atoms with E-state index in [0.717, 1.165) is 22.0 Å². The number of hydrogen-bond acceptors (Lipinski definition) is 2. The van der Waals surface area contributed by atoms with Gasteiger partial charge in [-0.15, -0.1) is 0 Å². The first-order valence-electron chi connectivity index (χ1n) is 9.09. The highest BCUT2D eigenvalue weighted by Gasteiger charge is 2.35. The lowest BCUT2D eigenvalue weighted by molar-refractivity contribution is 0.586. The van der Waals surface area contributed by atoms with Gasteiger partial charge in [-0.25, -0.2) is 8.42 Å². The van der Waals surface area contributed by atoms with Crippen LogP contribution in [0.1, 0.15) is 17.2 Å². The fraction of sp³-hybridized carbons (Fsp3) is 0.0435. The van der Waals surface area contributed by atoms with Gasteiger partial charge in [-0.2, -0.15) is 0 Å². The Hall–Kier alpha value is -3.31. The molecule has 0 spiro atoms. The molecule has 1 unspecified atom stereocenters. The van der Waals surface area contributed by atoms with E-state index in [1.54, 1.807) is 24.3 Å². The minimum atomic E-state index is -3.75. The summed E-state index contributed by atoms with van der Waals surface area (Å²) in [6.45, 7) is 0. The molecular weight excluding hydrogens is 368 g/mol. The van der Waals surface area contributed by atoms with Crippen LogP contribution in [0, 0.1) is 0 Å². The molecule has 0 saturated heterocycles. The molecule has 4 aromatic rings. The highest BCUT2D eigenvalue weighted by molar-refractivity contribution is 7.92. The average Bonchev–Trinajstić information content (AvgIpc) is 3.17. The van der Waals surface area contributed by atoms with Crippen LogP contribution in [0.5, 0.6) is 0 Å². The number of sulfonamides is 1. The predicted octanol–water partition coefficient (Wildman–Crippen LogP) is 5.13. The maximum Gasteiger partial charge on any atom is 0.265 e. The van der Waals surface area contributed by atoms with Gasteiger partial charge in [0.25, 0.3) is 10.0 Å². The largest absolute Gasteiger partial charge is 0.361 e. The molecule has 1 atom stereocenters. The van der Waals surface area contributed by atoms with Crippen molar-refractivity contribution in [2.45, 2.75) is 10.9 Å². The van der Waals surface area contributed by atoms with Crippen molar-refractivity contribution in [3.63, 3.8) is 0 Å². The molecule has 0 fully saturated rings. The summed E-state index contributed by atoms with van der Waals surface area (Å²) in [5.74, 6) is 0. The zero-order valence-corrected chi connectivity index (χ0v) is 15.8. The van der Waals surface area contributed by atoms with Crippen LogP contribution in [-0.2, 0) is 10.0 Å². The summed E-state index contributed by atoms with van der Waals surface area (Å²) in [4.78, 5) is 3.55. The van der Waals surface area contributed by atoms with Gasteiger partial charge >= 0.3 is 0 Å². The number of benzene rings is 3. The minimum Gasteiger partial charge on any atom is -0.361 e. The summed E-state index contributed by atoms with van der Waals surface area (Å²) in [5.41, 5.74) is 3.49. The summed E-state index contributed by atoms with van der Waals surface area (Å²) in [7, 11) is -3.75. The minimum absolute atomic E-state index is 0.282. The number of nitrogens with one attached hydrogen (secondary N) is 1. The van der Waals surface area contributed by atoms with E-state index in [0.29, 0.717) is 5.69 Å². The van der Waals surface area contributed by atoms with E-state index in [-0.39, 0.29) is 4.90 Å². The second kappa shape index (κ2) is 6.39. The van der Waals surface area contributed by atoms with Crippen LogP contribution in [0.4, 0.5) is 5.69 Å². The molecule has 138 valence electrons. The van der Waals surface area contributed by atoms with Gasteiger partial charge in [0.15, 0.2) is 0 Å². The van der Waals surface area contributed by atoms with Gasteiger partial charge in [-0.05, 0) is 29.8 Å². The molecular formula is C23H18N2O2S. The van der Waals surface area contributed by atoms with E-state index in [2.05, 4.69) is 4.98 Å². The Balaban J connectivity index is 1.75. The first-order chi connectivity index (χ1) is 13.7. The highest BCUT2D eigenvalue weighted by atomic mass is 32.2. The molecule has 28 heavy (non-hydrogen) atoms. The highest BCUT2D eigenvalue weighted by Crippen LogP contribution is 2.42. The molecule has 1 aliphatic rings. The Morgan fingerprint density at radius 1 is 0.821 bits per heavy atom. The standard InChI is InChI=1S/C23H18N2O2S/c26-28(27,18-9-2-1-3-10-18)25-22-13-7-4-8-17(22)14-15-23(25)20-16-24-21-12-6-5-11-19(20)21/h1-16,23-24H. The van der Waals surface area contributed by atoms with E-state index in [9.17, 15) is 8.42 Å². The van der Waals surface area contributed by atoms with Crippen molar-refractivity contribution in [3.8, 4) is 0 Å². The van der Waals surface area contributed by atoms with Crippen LogP contribution in [0.15, 0.2) is 96.0 Å². The van der Waals surface area contributed by atoms with Crippen molar-refractivity contribution in [1.29, 1.82) is 0 Å². The smallest absolute Gasteiger partial charge is 0.265 e. The van der Waals surface area contributed by atoms with E-state index >= 15 is 0 Å². The number of rotatable bonds is 3. The Labute approximate surface area is 163 Å². The SMILES string of the molecule is O=S(=O)(c1ccccc1)N1c2ccccc2C=CC1c1c[nH]c2ccccc12.